The number of benzene rings is 3. The van der Waals surface area contributed by atoms with Crippen molar-refractivity contribution in [3.8, 4) is 11.5 Å². The summed E-state index contributed by atoms with van der Waals surface area (Å²) in [6.45, 7) is 8.43. The van der Waals surface area contributed by atoms with Crippen molar-refractivity contribution in [1.82, 2.24) is 9.88 Å². The zero-order valence-electron chi connectivity index (χ0n) is 28.1. The molecule has 0 spiro atoms. The van der Waals surface area contributed by atoms with Crippen LogP contribution in [0, 0.1) is 0 Å². The minimum Gasteiger partial charge on any atom is -0.490 e. The topological polar surface area (TPSA) is 156 Å². The van der Waals surface area contributed by atoms with Crippen LogP contribution in [0.15, 0.2) is 72.9 Å². The van der Waals surface area contributed by atoms with Crippen LogP contribution in [0.25, 0.3) is 10.8 Å². The maximum atomic E-state index is 14.5. The standard InChI is InChI=1S/C34H39N5O4.C2HF3O2/c1-5-42-31-20-25(11-14-30(31)43-21(2)3)32(38-27-12-13-28-23(18-27)15-16-36-33(28)35)34(41)39-17-7-10-29(39)24-8-6-9-26(19-24)37-22(4)40;3-2(4,5)1(6)7/h6,8-9,11-16,18-21,29,32,38H,5,7,10,17H2,1-4H3,(H2,35,36)(H,37,40);(H,6,7)/t29-,32-;/m1./s1. The third-order valence-corrected chi connectivity index (χ3v) is 7.69. The number of ether oxygens (including phenoxy) is 2. The Bertz CT molecular complexity index is 1830. The molecular formula is C36H40F3N5O6. The number of aromatic nitrogens is 1. The molecule has 0 radical (unpaired) electrons. The number of carbonyl (C=O) groups is 3. The number of nitrogens with two attached hydrogens (primary N) is 1. The van der Waals surface area contributed by atoms with Crippen molar-refractivity contribution in [2.75, 3.05) is 29.5 Å². The molecule has 0 unspecified atom stereocenters. The van der Waals surface area contributed by atoms with Gasteiger partial charge in [-0.05, 0) is 98.7 Å². The van der Waals surface area contributed by atoms with Crippen molar-refractivity contribution in [2.24, 2.45) is 0 Å². The van der Waals surface area contributed by atoms with E-state index in [2.05, 4.69) is 15.6 Å². The first-order valence-corrected chi connectivity index (χ1v) is 16.0. The molecule has 14 heteroatoms. The van der Waals surface area contributed by atoms with Crippen LogP contribution in [0.2, 0.25) is 0 Å². The van der Waals surface area contributed by atoms with Gasteiger partial charge in [0.05, 0.1) is 18.8 Å². The van der Waals surface area contributed by atoms with Crippen LogP contribution >= 0.6 is 0 Å². The molecule has 2 amide bonds. The fourth-order valence-electron chi connectivity index (χ4n) is 5.64. The van der Waals surface area contributed by atoms with E-state index >= 15 is 0 Å². The monoisotopic (exact) mass is 695 g/mol. The number of alkyl halides is 3. The van der Waals surface area contributed by atoms with Gasteiger partial charge in [-0.3, -0.25) is 9.59 Å². The van der Waals surface area contributed by atoms with Crippen molar-refractivity contribution in [3.63, 3.8) is 0 Å². The summed E-state index contributed by atoms with van der Waals surface area (Å²) in [6, 6.07) is 20.3. The van der Waals surface area contributed by atoms with E-state index in [9.17, 15) is 22.8 Å². The molecule has 0 bridgehead atoms. The van der Waals surface area contributed by atoms with Gasteiger partial charge in [0, 0.05) is 36.4 Å². The number of amides is 2. The zero-order chi connectivity index (χ0) is 36.6. The van der Waals surface area contributed by atoms with E-state index in [0.29, 0.717) is 36.2 Å². The number of pyridine rings is 1. The van der Waals surface area contributed by atoms with Gasteiger partial charge in [-0.1, -0.05) is 18.2 Å². The summed E-state index contributed by atoms with van der Waals surface area (Å²) in [5, 5.41) is 15.3. The van der Waals surface area contributed by atoms with Crippen LogP contribution in [-0.4, -0.2) is 58.2 Å². The molecule has 50 heavy (non-hydrogen) atoms. The molecule has 11 nitrogen and oxygen atoms in total. The van der Waals surface area contributed by atoms with E-state index in [1.54, 1.807) is 6.20 Å². The summed E-state index contributed by atoms with van der Waals surface area (Å²) in [5.74, 6) is -1.26. The smallest absolute Gasteiger partial charge is 0.490 e. The number of nitrogens with zero attached hydrogens (tertiary/aromatic N) is 2. The highest BCUT2D eigenvalue weighted by atomic mass is 19.4. The number of carboxylic acids is 1. The first-order valence-electron chi connectivity index (χ1n) is 16.0. The molecule has 1 aliphatic heterocycles. The number of aliphatic carboxylic acids is 1. The number of fused-ring (bicyclic) bond motifs is 1. The summed E-state index contributed by atoms with van der Waals surface area (Å²) in [4.78, 5) is 41.2. The molecule has 0 saturated carbocycles. The number of likely N-dealkylation sites (tertiary alicyclic amines) is 1. The minimum atomic E-state index is -5.08. The van der Waals surface area contributed by atoms with E-state index in [0.717, 1.165) is 40.4 Å². The highest BCUT2D eigenvalue weighted by Crippen LogP contribution is 2.38. The number of rotatable bonds is 10. The molecule has 2 heterocycles. The van der Waals surface area contributed by atoms with Gasteiger partial charge in [0.2, 0.25) is 11.8 Å². The number of carbonyl (C=O) groups excluding carboxylic acids is 2. The second-order valence-corrected chi connectivity index (χ2v) is 11.8. The van der Waals surface area contributed by atoms with Crippen molar-refractivity contribution < 1.29 is 42.1 Å². The highest BCUT2D eigenvalue weighted by molar-refractivity contribution is 5.94. The van der Waals surface area contributed by atoms with Gasteiger partial charge in [0.15, 0.2) is 11.5 Å². The van der Waals surface area contributed by atoms with E-state index in [4.69, 9.17) is 25.1 Å². The Balaban J connectivity index is 0.000000727. The van der Waals surface area contributed by atoms with E-state index in [1.165, 1.54) is 6.92 Å². The van der Waals surface area contributed by atoms with E-state index in [1.807, 2.05) is 92.4 Å². The number of hydrogen-bond donors (Lipinski definition) is 4. The maximum absolute atomic E-state index is 14.5. The van der Waals surface area contributed by atoms with Gasteiger partial charge < -0.3 is 35.8 Å². The Hall–Kier alpha value is -5.53. The van der Waals surface area contributed by atoms with Crippen LogP contribution in [0.3, 0.4) is 0 Å². The predicted molar refractivity (Wildman–Crippen MR) is 184 cm³/mol. The first-order chi connectivity index (χ1) is 23.7. The van der Waals surface area contributed by atoms with Crippen molar-refractivity contribution in [2.45, 2.75) is 64.9 Å². The summed E-state index contributed by atoms with van der Waals surface area (Å²) in [7, 11) is 0. The maximum Gasteiger partial charge on any atom is 0.490 e. The lowest BCUT2D eigenvalue weighted by Gasteiger charge is -2.31. The number of nitrogens with one attached hydrogen (secondary N) is 2. The molecule has 1 saturated heterocycles. The summed E-state index contributed by atoms with van der Waals surface area (Å²) in [5.41, 5.74) is 9.33. The zero-order valence-corrected chi connectivity index (χ0v) is 28.1. The van der Waals surface area contributed by atoms with Crippen molar-refractivity contribution in [3.05, 3.63) is 84.1 Å². The Labute approximate surface area is 287 Å². The summed E-state index contributed by atoms with van der Waals surface area (Å²) < 4.78 is 43.7. The molecule has 5 N–H and O–H groups in total. The SMILES string of the molecule is CCOc1cc([C@@H](Nc2ccc3c(N)nccc3c2)C(=O)N2CCC[C@@H]2c2cccc(NC(C)=O)c2)ccc1OC(C)C.O=C(O)C(F)(F)F. The molecular weight excluding hydrogens is 655 g/mol. The Kier molecular flexibility index (Phi) is 12.1. The van der Waals surface area contributed by atoms with Gasteiger partial charge in [0.1, 0.15) is 11.9 Å². The fraction of sp³-hybridized carbons (Fsp3) is 0.333. The van der Waals surface area contributed by atoms with Gasteiger partial charge in [-0.2, -0.15) is 13.2 Å². The molecule has 5 rings (SSSR count). The first kappa shape index (κ1) is 37.3. The molecule has 0 aliphatic carbocycles. The Morgan fingerprint density at radius 3 is 2.44 bits per heavy atom. The number of anilines is 3. The molecule has 266 valence electrons. The summed E-state index contributed by atoms with van der Waals surface area (Å²) in [6.07, 6.45) is -1.73. The van der Waals surface area contributed by atoms with Gasteiger partial charge in [-0.25, -0.2) is 9.78 Å². The van der Waals surface area contributed by atoms with E-state index in [-0.39, 0.29) is 24.0 Å². The van der Waals surface area contributed by atoms with Crippen LogP contribution in [0.4, 0.5) is 30.4 Å². The van der Waals surface area contributed by atoms with Crippen molar-refractivity contribution >= 4 is 45.7 Å². The number of hydrogen-bond acceptors (Lipinski definition) is 8. The minimum absolute atomic E-state index is 0.0289. The lowest BCUT2D eigenvalue weighted by atomic mass is 10.0. The normalized spacial score (nSPS) is 14.8. The molecule has 1 fully saturated rings. The lowest BCUT2D eigenvalue weighted by Crippen LogP contribution is -2.37. The van der Waals surface area contributed by atoms with Gasteiger partial charge in [0.25, 0.3) is 0 Å². The lowest BCUT2D eigenvalue weighted by molar-refractivity contribution is -0.192. The second kappa shape index (κ2) is 16.2. The number of carboxylic acid groups (broad SMARTS) is 1. The predicted octanol–water partition coefficient (Wildman–Crippen LogP) is 7.11. The largest absolute Gasteiger partial charge is 0.490 e. The molecule has 4 aromatic rings. The molecule has 1 aliphatic rings. The second-order valence-electron chi connectivity index (χ2n) is 11.8. The Morgan fingerprint density at radius 2 is 1.78 bits per heavy atom. The quantitative estimate of drug-likeness (QED) is 0.136. The van der Waals surface area contributed by atoms with Gasteiger partial charge in [-0.15, -0.1) is 0 Å². The van der Waals surface area contributed by atoms with Gasteiger partial charge >= 0.3 is 12.1 Å². The van der Waals surface area contributed by atoms with E-state index < -0.39 is 18.2 Å². The molecule has 2 atom stereocenters. The number of nitrogen functional groups attached to an aromatic ring is 1. The van der Waals surface area contributed by atoms with Crippen LogP contribution < -0.4 is 25.8 Å². The Morgan fingerprint density at radius 1 is 1.04 bits per heavy atom. The average molecular weight is 696 g/mol. The van der Waals surface area contributed by atoms with Crippen LogP contribution in [0.5, 0.6) is 11.5 Å². The van der Waals surface area contributed by atoms with Crippen LogP contribution in [0.1, 0.15) is 63.7 Å². The fourth-order valence-corrected chi connectivity index (χ4v) is 5.64. The summed E-state index contributed by atoms with van der Waals surface area (Å²) >= 11 is 0. The van der Waals surface area contributed by atoms with Crippen LogP contribution in [-0.2, 0) is 14.4 Å². The van der Waals surface area contributed by atoms with Crippen molar-refractivity contribution in [1.29, 1.82) is 0 Å². The average Bonchev–Trinajstić information content (AvgIpc) is 3.54. The molecule has 1 aromatic heterocycles. The number of halogens is 3. The third kappa shape index (κ3) is 9.55. The third-order valence-electron chi connectivity index (χ3n) is 7.69. The highest BCUT2D eigenvalue weighted by Gasteiger charge is 2.38. The molecule has 3 aromatic carbocycles.